The summed E-state index contributed by atoms with van der Waals surface area (Å²) in [6.07, 6.45) is 0. The predicted molar refractivity (Wildman–Crippen MR) is 151 cm³/mol. The van der Waals surface area contributed by atoms with E-state index in [0.717, 1.165) is 55.8 Å². The zero-order chi connectivity index (χ0) is 25.9. The first kappa shape index (κ1) is 22.9. The summed E-state index contributed by atoms with van der Waals surface area (Å²) in [5.74, 6) is 0. The molecule has 6 rings (SSSR count). The van der Waals surface area contributed by atoms with Crippen molar-refractivity contribution in [3.63, 3.8) is 0 Å². The molecule has 0 aliphatic rings. The van der Waals surface area contributed by atoms with Crippen molar-refractivity contribution >= 4 is 11.0 Å². The number of nitrogens with zero attached hydrogens (tertiary/aromatic N) is 4. The molecule has 6 aromatic rings. The zero-order valence-corrected chi connectivity index (χ0v) is 20.3. The lowest BCUT2D eigenvalue weighted by molar-refractivity contribution is 1.29. The molecule has 4 heteroatoms. The summed E-state index contributed by atoms with van der Waals surface area (Å²) in [6, 6.07) is 44.0. The summed E-state index contributed by atoms with van der Waals surface area (Å²) in [5, 5.41) is 18.2. The summed E-state index contributed by atoms with van der Waals surface area (Å²) in [4.78, 5) is 10.0. The maximum atomic E-state index is 9.08. The lowest BCUT2D eigenvalue weighted by atomic mass is 9.98. The molecule has 0 aliphatic carbocycles. The monoisotopic (exact) mass is 484 g/mol. The van der Waals surface area contributed by atoms with Crippen molar-refractivity contribution in [3.8, 4) is 56.9 Å². The molecule has 0 amide bonds. The van der Waals surface area contributed by atoms with Gasteiger partial charge in [0.1, 0.15) is 0 Å². The highest BCUT2D eigenvalue weighted by atomic mass is 14.8. The fourth-order valence-electron chi connectivity index (χ4n) is 4.52. The molecule has 0 radical (unpaired) electrons. The molecule has 0 bridgehead atoms. The Balaban J connectivity index is 1.40. The lowest BCUT2D eigenvalue weighted by Crippen LogP contribution is -1.95. The molecule has 0 spiro atoms. The van der Waals surface area contributed by atoms with Crippen LogP contribution in [-0.2, 0) is 0 Å². The molecule has 0 N–H and O–H groups in total. The van der Waals surface area contributed by atoms with Crippen molar-refractivity contribution in [1.82, 2.24) is 9.97 Å². The normalized spacial score (nSPS) is 10.6. The van der Waals surface area contributed by atoms with Gasteiger partial charge in [-0.15, -0.1) is 0 Å². The first-order chi connectivity index (χ1) is 18.7. The van der Waals surface area contributed by atoms with Crippen LogP contribution in [0.4, 0.5) is 0 Å². The van der Waals surface area contributed by atoms with Gasteiger partial charge in [-0.25, -0.2) is 9.97 Å². The van der Waals surface area contributed by atoms with E-state index in [1.165, 1.54) is 0 Å². The number of hydrogen-bond acceptors (Lipinski definition) is 4. The third-order valence-corrected chi connectivity index (χ3v) is 6.58. The van der Waals surface area contributed by atoms with E-state index in [-0.39, 0.29) is 0 Å². The number of benzene rings is 5. The van der Waals surface area contributed by atoms with E-state index in [2.05, 4.69) is 60.7 Å². The Labute approximate surface area is 220 Å². The summed E-state index contributed by atoms with van der Waals surface area (Å²) in [5.41, 5.74) is 10.8. The topological polar surface area (TPSA) is 73.4 Å². The molecule has 4 nitrogen and oxygen atoms in total. The summed E-state index contributed by atoms with van der Waals surface area (Å²) >= 11 is 0. The quantitative estimate of drug-likeness (QED) is 0.254. The Morgan fingerprint density at radius 1 is 0.368 bits per heavy atom. The maximum absolute atomic E-state index is 9.08. The largest absolute Gasteiger partial charge is 0.244 e. The molecule has 0 saturated carbocycles. The minimum atomic E-state index is 0.645. The average Bonchev–Trinajstić information content (AvgIpc) is 3.01. The van der Waals surface area contributed by atoms with E-state index in [4.69, 9.17) is 20.5 Å². The Morgan fingerprint density at radius 2 is 0.658 bits per heavy atom. The molecule has 1 aromatic heterocycles. The summed E-state index contributed by atoms with van der Waals surface area (Å²) in [6.45, 7) is 0. The third kappa shape index (κ3) is 4.39. The van der Waals surface area contributed by atoms with Crippen molar-refractivity contribution in [2.75, 3.05) is 0 Å². The molecule has 1 heterocycles. The van der Waals surface area contributed by atoms with Crippen LogP contribution in [0.25, 0.3) is 55.8 Å². The number of nitriles is 2. The van der Waals surface area contributed by atoms with Gasteiger partial charge in [0.2, 0.25) is 0 Å². The maximum Gasteiger partial charge on any atom is 0.0991 e. The number of fused-ring (bicyclic) bond motifs is 1. The standard InChI is InChI=1S/C34H20N4/c35-21-23-5-9-25(10-6-23)27-13-17-29(18-14-27)33-34(38-32-4-2-1-3-31(32)37-33)30-19-15-28(16-20-30)26-11-7-24(22-36)8-12-26/h1-20H. The number of hydrogen-bond donors (Lipinski definition) is 0. The first-order valence-electron chi connectivity index (χ1n) is 12.2. The molecule has 0 fully saturated rings. The number of para-hydroxylation sites is 2. The van der Waals surface area contributed by atoms with Crippen LogP contribution in [0.2, 0.25) is 0 Å². The predicted octanol–water partition coefficient (Wildman–Crippen LogP) is 8.04. The highest BCUT2D eigenvalue weighted by Gasteiger charge is 2.14. The molecule has 38 heavy (non-hydrogen) atoms. The second kappa shape index (κ2) is 9.82. The molecule has 5 aromatic carbocycles. The van der Waals surface area contributed by atoms with Gasteiger partial charge in [-0.3, -0.25) is 0 Å². The minimum Gasteiger partial charge on any atom is -0.244 e. The van der Waals surface area contributed by atoms with Gasteiger partial charge in [0.15, 0.2) is 0 Å². The van der Waals surface area contributed by atoms with Crippen molar-refractivity contribution in [2.45, 2.75) is 0 Å². The number of rotatable bonds is 4. The molecule has 0 saturated heterocycles. The van der Waals surface area contributed by atoms with Crippen molar-refractivity contribution in [1.29, 1.82) is 10.5 Å². The van der Waals surface area contributed by atoms with Gasteiger partial charge in [0, 0.05) is 11.1 Å². The van der Waals surface area contributed by atoms with Gasteiger partial charge in [-0.05, 0) is 58.7 Å². The van der Waals surface area contributed by atoms with Crippen LogP contribution in [0.15, 0.2) is 121 Å². The van der Waals surface area contributed by atoms with Crippen LogP contribution in [0.3, 0.4) is 0 Å². The molecular weight excluding hydrogens is 464 g/mol. The van der Waals surface area contributed by atoms with E-state index < -0.39 is 0 Å². The van der Waals surface area contributed by atoms with E-state index >= 15 is 0 Å². The Bertz CT molecular complexity index is 1700. The molecule has 0 atom stereocenters. The molecule has 176 valence electrons. The minimum absolute atomic E-state index is 0.645. The average molecular weight is 485 g/mol. The smallest absolute Gasteiger partial charge is 0.0991 e. The highest BCUT2D eigenvalue weighted by molar-refractivity contribution is 5.87. The van der Waals surface area contributed by atoms with Crippen LogP contribution in [0, 0.1) is 22.7 Å². The van der Waals surface area contributed by atoms with E-state index in [1.807, 2.05) is 72.8 Å². The fourth-order valence-corrected chi connectivity index (χ4v) is 4.52. The van der Waals surface area contributed by atoms with Crippen LogP contribution in [0.1, 0.15) is 11.1 Å². The van der Waals surface area contributed by atoms with Crippen molar-refractivity contribution in [2.24, 2.45) is 0 Å². The van der Waals surface area contributed by atoms with Gasteiger partial charge in [0.05, 0.1) is 45.7 Å². The second-order valence-corrected chi connectivity index (χ2v) is 8.94. The number of aromatic nitrogens is 2. The van der Waals surface area contributed by atoms with Gasteiger partial charge >= 0.3 is 0 Å². The van der Waals surface area contributed by atoms with Gasteiger partial charge in [0.25, 0.3) is 0 Å². The van der Waals surface area contributed by atoms with Crippen molar-refractivity contribution in [3.05, 3.63) is 132 Å². The Hall–Kier alpha value is -5.58. The zero-order valence-electron chi connectivity index (χ0n) is 20.3. The highest BCUT2D eigenvalue weighted by Crippen LogP contribution is 2.33. The van der Waals surface area contributed by atoms with E-state index in [1.54, 1.807) is 0 Å². The molecule has 0 aliphatic heterocycles. The van der Waals surface area contributed by atoms with Gasteiger partial charge < -0.3 is 0 Å². The van der Waals surface area contributed by atoms with Crippen LogP contribution < -0.4 is 0 Å². The van der Waals surface area contributed by atoms with Crippen LogP contribution in [0.5, 0.6) is 0 Å². The van der Waals surface area contributed by atoms with Gasteiger partial charge in [-0.2, -0.15) is 10.5 Å². The molecule has 0 unspecified atom stereocenters. The first-order valence-corrected chi connectivity index (χ1v) is 12.2. The SMILES string of the molecule is N#Cc1ccc(-c2ccc(-c3nc4ccccc4nc3-c3ccc(-c4ccc(C#N)cc4)cc3)cc2)cc1. The van der Waals surface area contributed by atoms with E-state index in [0.29, 0.717) is 11.1 Å². The van der Waals surface area contributed by atoms with Crippen LogP contribution in [-0.4, -0.2) is 9.97 Å². The Morgan fingerprint density at radius 3 is 0.974 bits per heavy atom. The molecular formula is C34H20N4. The fraction of sp³-hybridized carbons (Fsp3) is 0. The van der Waals surface area contributed by atoms with E-state index in [9.17, 15) is 0 Å². The van der Waals surface area contributed by atoms with Crippen molar-refractivity contribution < 1.29 is 0 Å². The lowest BCUT2D eigenvalue weighted by Gasteiger charge is -2.12. The summed E-state index contributed by atoms with van der Waals surface area (Å²) < 4.78 is 0. The van der Waals surface area contributed by atoms with Gasteiger partial charge in [-0.1, -0.05) is 84.9 Å². The summed E-state index contributed by atoms with van der Waals surface area (Å²) in [7, 11) is 0. The second-order valence-electron chi connectivity index (χ2n) is 8.94. The Kier molecular flexibility index (Phi) is 5.91. The van der Waals surface area contributed by atoms with Crippen LogP contribution >= 0.6 is 0 Å². The third-order valence-electron chi connectivity index (χ3n) is 6.58.